The normalized spacial score (nSPS) is 10.6. The number of benzene rings is 2. The number of nitrogens with zero attached hydrogens (tertiary/aromatic N) is 2. The van der Waals surface area contributed by atoms with E-state index in [1.54, 1.807) is 7.11 Å². The van der Waals surface area contributed by atoms with Crippen molar-refractivity contribution >= 4 is 5.69 Å². The van der Waals surface area contributed by atoms with Gasteiger partial charge in [-0.05, 0) is 30.2 Å². The van der Waals surface area contributed by atoms with Crippen LogP contribution in [0.1, 0.15) is 17.0 Å². The minimum absolute atomic E-state index is 0.208. The zero-order chi connectivity index (χ0) is 16.9. The molecule has 6 heteroatoms. The number of aryl methyl sites for hydroxylation is 1. The Hall–Kier alpha value is -3.02. The van der Waals surface area contributed by atoms with Crippen molar-refractivity contribution in [2.75, 3.05) is 12.4 Å². The number of ether oxygens (including phenoxy) is 1. The van der Waals surface area contributed by atoms with Crippen LogP contribution in [0, 0.1) is 6.92 Å². The molecule has 1 heterocycles. The van der Waals surface area contributed by atoms with Crippen molar-refractivity contribution in [3.8, 4) is 5.75 Å². The van der Waals surface area contributed by atoms with E-state index < -0.39 is 0 Å². The van der Waals surface area contributed by atoms with Crippen molar-refractivity contribution < 1.29 is 4.74 Å². The molecule has 0 saturated carbocycles. The second kappa shape index (κ2) is 7.04. The first kappa shape index (κ1) is 15.9. The maximum absolute atomic E-state index is 12.1. The van der Waals surface area contributed by atoms with Crippen molar-refractivity contribution in [3.05, 3.63) is 76.0 Å². The molecule has 0 aliphatic heterocycles. The van der Waals surface area contributed by atoms with E-state index in [4.69, 9.17) is 4.74 Å². The van der Waals surface area contributed by atoms with Crippen LogP contribution < -0.4 is 15.7 Å². The van der Waals surface area contributed by atoms with Crippen LogP contribution in [0.5, 0.6) is 5.75 Å². The van der Waals surface area contributed by atoms with Gasteiger partial charge in [-0.2, -0.15) is 5.10 Å². The summed E-state index contributed by atoms with van der Waals surface area (Å²) < 4.78 is 6.64. The third kappa shape index (κ3) is 3.65. The van der Waals surface area contributed by atoms with Gasteiger partial charge in [0.15, 0.2) is 0 Å². The molecule has 124 valence electrons. The van der Waals surface area contributed by atoms with Crippen molar-refractivity contribution in [3.63, 3.8) is 0 Å². The number of aromatic nitrogens is 3. The number of methoxy groups -OCH3 is 1. The lowest BCUT2D eigenvalue weighted by Crippen LogP contribution is -2.19. The molecule has 24 heavy (non-hydrogen) atoms. The molecule has 0 aliphatic rings. The van der Waals surface area contributed by atoms with E-state index in [9.17, 15) is 4.79 Å². The lowest BCUT2D eigenvalue weighted by molar-refractivity contribution is 0.415. The molecule has 0 aliphatic carbocycles. The molecule has 3 aromatic rings. The van der Waals surface area contributed by atoms with Crippen LogP contribution in [0.2, 0.25) is 0 Å². The monoisotopic (exact) mass is 324 g/mol. The first-order chi connectivity index (χ1) is 11.7. The second-order valence-corrected chi connectivity index (χ2v) is 5.55. The Kier molecular flexibility index (Phi) is 4.65. The maximum atomic E-state index is 12.1. The lowest BCUT2D eigenvalue weighted by atomic mass is 10.1. The Bertz CT molecular complexity index is 882. The zero-order valence-corrected chi connectivity index (χ0v) is 13.7. The minimum atomic E-state index is -0.208. The summed E-state index contributed by atoms with van der Waals surface area (Å²) in [5.41, 5.74) is 2.92. The molecule has 0 unspecified atom stereocenters. The Morgan fingerprint density at radius 2 is 2.04 bits per heavy atom. The number of anilines is 1. The van der Waals surface area contributed by atoms with Crippen LogP contribution in [0.4, 0.5) is 5.69 Å². The summed E-state index contributed by atoms with van der Waals surface area (Å²) in [7, 11) is 1.63. The molecule has 0 atom stereocenters. The van der Waals surface area contributed by atoms with Gasteiger partial charge in [-0.25, -0.2) is 9.48 Å². The zero-order valence-electron chi connectivity index (χ0n) is 13.7. The van der Waals surface area contributed by atoms with E-state index in [0.717, 1.165) is 22.6 Å². The highest BCUT2D eigenvalue weighted by molar-refractivity contribution is 5.48. The van der Waals surface area contributed by atoms with Crippen molar-refractivity contribution in [1.82, 2.24) is 14.8 Å². The topological polar surface area (TPSA) is 71.9 Å². The summed E-state index contributed by atoms with van der Waals surface area (Å²) >= 11 is 0. The van der Waals surface area contributed by atoms with Gasteiger partial charge < -0.3 is 10.1 Å². The highest BCUT2D eigenvalue weighted by Gasteiger charge is 2.07. The van der Waals surface area contributed by atoms with Crippen molar-refractivity contribution in [1.29, 1.82) is 0 Å². The number of hydrogen-bond acceptors (Lipinski definition) is 4. The summed E-state index contributed by atoms with van der Waals surface area (Å²) in [6.07, 6.45) is 0. The van der Waals surface area contributed by atoms with Crippen LogP contribution in [0.25, 0.3) is 0 Å². The average molecular weight is 324 g/mol. The SMILES string of the molecule is COc1cccc(NCc2nn(Cc3ccccc3C)c(=O)[nH]2)c1. The first-order valence-corrected chi connectivity index (χ1v) is 7.74. The summed E-state index contributed by atoms with van der Waals surface area (Å²) in [4.78, 5) is 14.9. The summed E-state index contributed by atoms with van der Waals surface area (Å²) in [6, 6.07) is 15.6. The van der Waals surface area contributed by atoms with Gasteiger partial charge in [-0.3, -0.25) is 4.98 Å². The molecule has 2 N–H and O–H groups in total. The van der Waals surface area contributed by atoms with Gasteiger partial charge >= 0.3 is 5.69 Å². The fraction of sp³-hybridized carbons (Fsp3) is 0.222. The Morgan fingerprint density at radius 3 is 2.83 bits per heavy atom. The van der Waals surface area contributed by atoms with Gasteiger partial charge in [-0.1, -0.05) is 30.3 Å². The minimum Gasteiger partial charge on any atom is -0.497 e. The molecule has 0 bridgehead atoms. The van der Waals surface area contributed by atoms with Gasteiger partial charge in [0.1, 0.15) is 11.6 Å². The van der Waals surface area contributed by atoms with Crippen molar-refractivity contribution in [2.24, 2.45) is 0 Å². The number of hydrogen-bond donors (Lipinski definition) is 2. The molecular formula is C18H20N4O2. The van der Waals surface area contributed by atoms with Gasteiger partial charge in [-0.15, -0.1) is 0 Å². The van der Waals surface area contributed by atoms with E-state index in [1.807, 2.05) is 55.5 Å². The summed E-state index contributed by atoms with van der Waals surface area (Å²) in [5.74, 6) is 1.37. The standard InChI is InChI=1S/C18H20N4O2/c1-13-6-3-4-7-14(13)12-22-18(23)20-17(21-22)11-19-15-8-5-9-16(10-15)24-2/h3-10,19H,11-12H2,1-2H3,(H,20,21,23). The first-order valence-electron chi connectivity index (χ1n) is 7.74. The highest BCUT2D eigenvalue weighted by atomic mass is 16.5. The van der Waals surface area contributed by atoms with Crippen LogP contribution in [0.3, 0.4) is 0 Å². The Balaban J connectivity index is 1.70. The Morgan fingerprint density at radius 1 is 1.21 bits per heavy atom. The smallest absolute Gasteiger partial charge is 0.343 e. The predicted molar refractivity (Wildman–Crippen MR) is 93.4 cm³/mol. The molecule has 1 aromatic heterocycles. The highest BCUT2D eigenvalue weighted by Crippen LogP contribution is 2.16. The van der Waals surface area contributed by atoms with Gasteiger partial charge in [0.05, 0.1) is 20.2 Å². The average Bonchev–Trinajstić information content (AvgIpc) is 2.95. The molecule has 6 nitrogen and oxygen atoms in total. The molecule has 0 radical (unpaired) electrons. The molecular weight excluding hydrogens is 304 g/mol. The van der Waals surface area contributed by atoms with Crippen LogP contribution >= 0.6 is 0 Å². The molecule has 0 spiro atoms. The number of H-pyrrole nitrogens is 1. The second-order valence-electron chi connectivity index (χ2n) is 5.55. The van der Waals surface area contributed by atoms with Gasteiger partial charge in [0, 0.05) is 11.8 Å². The predicted octanol–water partition coefficient (Wildman–Crippen LogP) is 2.55. The number of aromatic amines is 1. The summed E-state index contributed by atoms with van der Waals surface area (Å²) in [5, 5.41) is 7.58. The number of nitrogens with one attached hydrogen (secondary N) is 2. The van der Waals surface area contributed by atoms with Gasteiger partial charge in [0.2, 0.25) is 0 Å². The molecule has 0 fully saturated rings. The van der Waals surface area contributed by atoms with E-state index in [-0.39, 0.29) is 5.69 Å². The van der Waals surface area contributed by atoms with Gasteiger partial charge in [0.25, 0.3) is 0 Å². The molecule has 0 amide bonds. The largest absolute Gasteiger partial charge is 0.497 e. The fourth-order valence-corrected chi connectivity index (χ4v) is 2.46. The van der Waals surface area contributed by atoms with E-state index in [2.05, 4.69) is 15.4 Å². The molecule has 2 aromatic carbocycles. The maximum Gasteiger partial charge on any atom is 0.343 e. The van der Waals surface area contributed by atoms with E-state index in [1.165, 1.54) is 4.68 Å². The van der Waals surface area contributed by atoms with Crippen LogP contribution in [0.15, 0.2) is 53.3 Å². The summed E-state index contributed by atoms with van der Waals surface area (Å²) in [6.45, 7) is 2.92. The fourth-order valence-electron chi connectivity index (χ4n) is 2.46. The van der Waals surface area contributed by atoms with Crippen LogP contribution in [-0.2, 0) is 13.1 Å². The van der Waals surface area contributed by atoms with E-state index in [0.29, 0.717) is 18.9 Å². The van der Waals surface area contributed by atoms with Crippen molar-refractivity contribution in [2.45, 2.75) is 20.0 Å². The number of rotatable bonds is 6. The lowest BCUT2D eigenvalue weighted by Gasteiger charge is -2.06. The van der Waals surface area contributed by atoms with E-state index >= 15 is 0 Å². The Labute approximate surface area is 140 Å². The van der Waals surface area contributed by atoms with Crippen LogP contribution in [-0.4, -0.2) is 21.9 Å². The molecule has 3 rings (SSSR count). The third-order valence-electron chi connectivity index (χ3n) is 3.84. The third-order valence-corrected chi connectivity index (χ3v) is 3.84. The molecule has 0 saturated heterocycles. The quantitative estimate of drug-likeness (QED) is 0.731.